The van der Waals surface area contributed by atoms with Crippen molar-refractivity contribution >= 4 is 14.2 Å². The number of hydrogen-bond donors (Lipinski definition) is 2. The van der Waals surface area contributed by atoms with E-state index in [1.807, 2.05) is 78.9 Å². The van der Waals surface area contributed by atoms with Gasteiger partial charge in [0.2, 0.25) is 5.91 Å². The second-order valence-electron chi connectivity index (χ2n) is 25.9. The fourth-order valence-electron chi connectivity index (χ4n) is 15.0. The van der Waals surface area contributed by atoms with E-state index in [4.69, 9.17) is 28.1 Å². The molecule has 5 aliphatic rings. The summed E-state index contributed by atoms with van der Waals surface area (Å²) in [4.78, 5) is 13.4. The van der Waals surface area contributed by atoms with E-state index in [1.54, 1.807) is 19.8 Å². The van der Waals surface area contributed by atoms with Crippen LogP contribution in [0.15, 0.2) is 103 Å². The van der Waals surface area contributed by atoms with Crippen molar-refractivity contribution < 1.29 is 46.8 Å². The highest BCUT2D eigenvalue weighted by molar-refractivity contribution is 6.74. The van der Waals surface area contributed by atoms with Gasteiger partial charge in [-0.15, -0.1) is 0 Å². The van der Waals surface area contributed by atoms with E-state index in [0.29, 0.717) is 29.3 Å². The monoisotopic (exact) mass is 1090 g/mol. The van der Waals surface area contributed by atoms with Gasteiger partial charge in [-0.05, 0) is 163 Å². The third kappa shape index (κ3) is 10.9. The number of carbonyl (C=O) groups is 1. The zero-order valence-electron chi connectivity index (χ0n) is 48.5. The molecule has 4 aromatic carbocycles. The molecule has 0 radical (unpaired) electrons. The number of aliphatic hydroxyl groups is 1. The topological polar surface area (TPSA) is 105 Å². The molecule has 3 saturated carbocycles. The van der Waals surface area contributed by atoms with E-state index in [9.17, 15) is 9.90 Å². The third-order valence-electron chi connectivity index (χ3n) is 21.1. The van der Waals surface area contributed by atoms with Crippen LogP contribution in [0.5, 0.6) is 11.5 Å². The Kier molecular flexibility index (Phi) is 17.3. The number of allylic oxidation sites excluding steroid dienone is 2. The lowest BCUT2D eigenvalue weighted by molar-refractivity contribution is -0.122. The molecule has 11 atom stereocenters. The molecule has 12 heteroatoms. The first-order valence-electron chi connectivity index (χ1n) is 29.1. The first-order valence-corrected chi connectivity index (χ1v) is 32.0. The average molecular weight is 1090 g/mol. The van der Waals surface area contributed by atoms with Gasteiger partial charge in [-0.2, -0.15) is 0 Å². The van der Waals surface area contributed by atoms with E-state index >= 15 is 8.78 Å². The quantitative estimate of drug-likeness (QED) is 0.0390. The lowest BCUT2D eigenvalue weighted by Gasteiger charge is -2.60. The van der Waals surface area contributed by atoms with Crippen molar-refractivity contribution in [3.63, 3.8) is 0 Å². The van der Waals surface area contributed by atoms with Gasteiger partial charge in [-0.25, -0.2) is 8.78 Å². The normalized spacial score (nSPS) is 29.5. The van der Waals surface area contributed by atoms with Gasteiger partial charge in [-0.1, -0.05) is 121 Å². The van der Waals surface area contributed by atoms with Crippen LogP contribution in [-0.2, 0) is 35.6 Å². The largest absolute Gasteiger partial charge is 0.497 e. The number of amides is 1. The molecule has 4 fully saturated rings. The number of methoxy groups -OCH3 is 2. The minimum atomic E-state index is -2.64. The van der Waals surface area contributed by atoms with Crippen molar-refractivity contribution in [3.8, 4) is 11.5 Å². The molecule has 4 aromatic rings. The van der Waals surface area contributed by atoms with Crippen molar-refractivity contribution in [2.75, 3.05) is 34.0 Å². The minimum Gasteiger partial charge on any atom is -0.497 e. The smallest absolute Gasteiger partial charge is 0.220 e. The van der Waals surface area contributed by atoms with Gasteiger partial charge in [0.15, 0.2) is 8.32 Å². The van der Waals surface area contributed by atoms with Gasteiger partial charge in [0.25, 0.3) is 0 Å². The second-order valence-corrected chi connectivity index (χ2v) is 30.7. The Morgan fingerprint density at radius 2 is 1.49 bits per heavy atom. The number of nitrogens with one attached hydrogen (secondary N) is 1. The molecule has 0 spiro atoms. The van der Waals surface area contributed by atoms with Crippen molar-refractivity contribution in [1.82, 2.24) is 5.32 Å². The standard InChI is InChI=1S/C66H89F2NO8Si/c1-43(64(6)35-33-54-51-30-25-45-17-15-16-34-63(45,5)53(51)32-36-65(54,64)7)20-31-58(70)69-37-38-74-41-44-39-52(56(68)40-55(44)67)60-61(77-78(10,11)62(2,3)4)59(71)57(76-60)42-75-66(46-18-13-12-14-19-46,47-21-26-49(72-8)27-22-47)48-23-28-50(73-9)29-24-48/h12-14,18-19,21-29,39-40,43,51,53-54,57,59-61,71H,15-17,20,30-38,41-42H2,1-11H3,(H,69,70)/t43-,51-,53+,54+,57-,59?,60+,61+,63+,64-,65+/m1/s1. The molecule has 424 valence electrons. The maximum atomic E-state index is 16.4. The van der Waals surface area contributed by atoms with Gasteiger partial charge >= 0.3 is 0 Å². The van der Waals surface area contributed by atoms with E-state index in [1.165, 1.54) is 63.9 Å². The summed E-state index contributed by atoms with van der Waals surface area (Å²) in [6, 6.07) is 27.4. The van der Waals surface area contributed by atoms with Gasteiger partial charge in [0.1, 0.15) is 53.2 Å². The first kappa shape index (κ1) is 58.2. The Morgan fingerprint density at radius 3 is 2.13 bits per heavy atom. The number of ether oxygens (including phenoxy) is 5. The summed E-state index contributed by atoms with van der Waals surface area (Å²) in [5.41, 5.74) is 3.97. The van der Waals surface area contributed by atoms with Crippen LogP contribution >= 0.6 is 0 Å². The molecular weight excluding hydrogens is 1000 g/mol. The van der Waals surface area contributed by atoms with Crippen molar-refractivity contribution in [2.24, 2.45) is 39.9 Å². The van der Waals surface area contributed by atoms with Crippen molar-refractivity contribution in [3.05, 3.63) is 142 Å². The third-order valence-corrected chi connectivity index (χ3v) is 25.6. The summed E-state index contributed by atoms with van der Waals surface area (Å²) in [5, 5.41) is 15.2. The Morgan fingerprint density at radius 1 is 0.846 bits per heavy atom. The predicted molar refractivity (Wildman–Crippen MR) is 306 cm³/mol. The maximum Gasteiger partial charge on any atom is 0.220 e. The van der Waals surface area contributed by atoms with Crippen LogP contribution < -0.4 is 14.8 Å². The predicted octanol–water partition coefficient (Wildman–Crippen LogP) is 14.6. The second kappa shape index (κ2) is 23.2. The van der Waals surface area contributed by atoms with Gasteiger partial charge in [0.05, 0.1) is 34.0 Å². The molecule has 0 aromatic heterocycles. The molecule has 9 nitrogen and oxygen atoms in total. The summed E-state index contributed by atoms with van der Waals surface area (Å²) in [6.07, 6.45) is 11.3. The molecule has 1 unspecified atom stereocenters. The Labute approximate surface area is 465 Å². The fourth-order valence-corrected chi connectivity index (χ4v) is 16.3. The molecule has 1 aliphatic heterocycles. The number of halogens is 2. The van der Waals surface area contributed by atoms with Crippen LogP contribution in [0.4, 0.5) is 8.78 Å². The van der Waals surface area contributed by atoms with Crippen molar-refractivity contribution in [2.45, 2.75) is 174 Å². The highest BCUT2D eigenvalue weighted by atomic mass is 28.4. The Balaban J connectivity index is 0.860. The maximum absolute atomic E-state index is 16.4. The number of rotatable bonds is 20. The molecular formula is C66H89F2NO8Si. The Bertz CT molecular complexity index is 2680. The number of fused-ring (bicyclic) bond motifs is 5. The number of carbonyl (C=O) groups excluding carboxylic acids is 1. The number of hydrogen-bond acceptors (Lipinski definition) is 8. The van der Waals surface area contributed by atoms with Crippen molar-refractivity contribution in [1.29, 1.82) is 0 Å². The SMILES string of the molecule is COc1ccc(C(OC[C@H]2O[C@@H](c3cc(COCCNC(=O)CC[C@@H](C)[C@@]4(C)CC[C@H]5[C@@H]6CC=C7CCCC[C@]7(C)[C@H]6CC[C@@]54C)c(F)cc3F)[C@@H](O[Si](C)(C)C(C)(C)C)C2O)(c2ccccc2)c2ccc(OC)cc2)cc1. The number of benzene rings is 4. The number of aliphatic hydroxyl groups excluding tert-OH is 1. The van der Waals surface area contributed by atoms with Gasteiger partial charge in [0, 0.05) is 30.2 Å². The van der Waals surface area contributed by atoms with E-state index in [0.717, 1.165) is 46.9 Å². The highest BCUT2D eigenvalue weighted by Gasteiger charge is 2.63. The van der Waals surface area contributed by atoms with Crippen LogP contribution in [0.1, 0.15) is 153 Å². The summed E-state index contributed by atoms with van der Waals surface area (Å²) in [6.45, 7) is 20.6. The Hall–Kier alpha value is -4.43. The van der Waals surface area contributed by atoms with Crippen LogP contribution in [0.3, 0.4) is 0 Å². The highest BCUT2D eigenvalue weighted by Crippen LogP contribution is 2.71. The zero-order valence-corrected chi connectivity index (χ0v) is 49.5. The molecule has 2 N–H and O–H groups in total. The zero-order chi connectivity index (χ0) is 55.8. The summed E-state index contributed by atoms with van der Waals surface area (Å²) >= 11 is 0. The summed E-state index contributed by atoms with van der Waals surface area (Å²) < 4.78 is 70.1. The van der Waals surface area contributed by atoms with Crippen LogP contribution in [-0.4, -0.2) is 71.6 Å². The molecule has 78 heavy (non-hydrogen) atoms. The fraction of sp³-hybridized carbons (Fsp3) is 0.591. The van der Waals surface area contributed by atoms with Gasteiger partial charge < -0.3 is 38.5 Å². The van der Waals surface area contributed by atoms with Crippen LogP contribution in [0.2, 0.25) is 18.1 Å². The first-order chi connectivity index (χ1) is 37.1. The summed E-state index contributed by atoms with van der Waals surface area (Å²) in [5.74, 6) is 2.47. The van der Waals surface area contributed by atoms with Crippen LogP contribution in [0, 0.1) is 51.6 Å². The molecule has 4 aliphatic carbocycles. The van der Waals surface area contributed by atoms with E-state index in [2.05, 4.69) is 73.0 Å². The lowest BCUT2D eigenvalue weighted by Crippen LogP contribution is -2.52. The van der Waals surface area contributed by atoms with E-state index < -0.39 is 50.0 Å². The minimum absolute atomic E-state index is 0.0138. The summed E-state index contributed by atoms with van der Waals surface area (Å²) in [7, 11) is 0.592. The molecule has 0 bridgehead atoms. The molecule has 1 amide bonds. The van der Waals surface area contributed by atoms with E-state index in [-0.39, 0.29) is 59.3 Å². The van der Waals surface area contributed by atoms with Gasteiger partial charge in [-0.3, -0.25) is 4.79 Å². The average Bonchev–Trinajstić information content (AvgIpc) is 4.02. The lowest BCUT2D eigenvalue weighted by atomic mass is 9.45. The molecule has 1 heterocycles. The van der Waals surface area contributed by atoms with Crippen LogP contribution in [0.25, 0.3) is 0 Å². The molecule has 1 saturated heterocycles. The molecule has 9 rings (SSSR count).